The Kier molecular flexibility index (Phi) is 5.25. The van der Waals surface area contributed by atoms with Gasteiger partial charge in [-0.1, -0.05) is 27.5 Å². The minimum absolute atomic E-state index is 0.0734. The molecule has 0 aliphatic carbocycles. The van der Waals surface area contributed by atoms with Crippen molar-refractivity contribution in [3.63, 3.8) is 0 Å². The molecule has 1 heterocycles. The average Bonchev–Trinajstić information content (AvgIpc) is 3.07. The van der Waals surface area contributed by atoms with E-state index in [4.69, 9.17) is 16.3 Å². The maximum atomic E-state index is 12.2. The molecule has 1 aromatic heterocycles. The predicted molar refractivity (Wildman–Crippen MR) is 98.1 cm³/mol. The number of nitrogens with zero attached hydrogens (tertiary/aromatic N) is 2. The van der Waals surface area contributed by atoms with Gasteiger partial charge in [0.25, 0.3) is 5.91 Å². The number of phenols is 1. The largest absolute Gasteiger partial charge is 0.506 e. The van der Waals surface area contributed by atoms with E-state index in [1.54, 1.807) is 12.3 Å². The van der Waals surface area contributed by atoms with Crippen molar-refractivity contribution in [2.75, 3.05) is 5.32 Å². The summed E-state index contributed by atoms with van der Waals surface area (Å²) in [6.07, 6.45) is 1.63. The lowest BCUT2D eigenvalue weighted by Crippen LogP contribution is -2.14. The quantitative estimate of drug-likeness (QED) is 0.601. The Hall–Kier alpha value is -2.51. The van der Waals surface area contributed by atoms with Gasteiger partial charge in [-0.2, -0.15) is 5.10 Å². The van der Waals surface area contributed by atoms with Crippen LogP contribution in [0.15, 0.2) is 59.2 Å². The third kappa shape index (κ3) is 4.52. The van der Waals surface area contributed by atoms with E-state index in [2.05, 4.69) is 26.3 Å². The molecule has 8 heteroatoms. The van der Waals surface area contributed by atoms with E-state index >= 15 is 0 Å². The number of anilines is 1. The fourth-order valence-electron chi connectivity index (χ4n) is 2.02. The Balaban J connectivity index is 1.63. The Morgan fingerprint density at radius 1 is 1.24 bits per heavy atom. The minimum Gasteiger partial charge on any atom is -0.506 e. The van der Waals surface area contributed by atoms with Gasteiger partial charge in [0.15, 0.2) is 12.4 Å². The lowest BCUT2D eigenvalue weighted by molar-refractivity contribution is 0.102. The lowest BCUT2D eigenvalue weighted by atomic mass is 10.3. The van der Waals surface area contributed by atoms with Gasteiger partial charge in [-0.15, -0.1) is 0 Å². The molecule has 1 amide bonds. The molecule has 2 N–H and O–H groups in total. The Morgan fingerprint density at radius 3 is 2.76 bits per heavy atom. The average molecular weight is 423 g/mol. The van der Waals surface area contributed by atoms with Crippen LogP contribution in [0.2, 0.25) is 5.02 Å². The van der Waals surface area contributed by atoms with Gasteiger partial charge in [0.1, 0.15) is 11.5 Å². The Morgan fingerprint density at radius 2 is 2.00 bits per heavy atom. The van der Waals surface area contributed by atoms with Gasteiger partial charge in [-0.3, -0.25) is 4.79 Å². The first kappa shape index (κ1) is 17.3. The second-order valence-corrected chi connectivity index (χ2v) is 6.44. The van der Waals surface area contributed by atoms with Gasteiger partial charge in [0, 0.05) is 15.7 Å². The molecule has 3 rings (SSSR count). The first-order valence-corrected chi connectivity index (χ1v) is 8.40. The maximum absolute atomic E-state index is 12.2. The monoisotopic (exact) mass is 421 g/mol. The van der Waals surface area contributed by atoms with Crippen LogP contribution in [0.1, 0.15) is 10.5 Å². The summed E-state index contributed by atoms with van der Waals surface area (Å²) in [6.45, 7) is 0.164. The number of phenolic OH excluding ortho intramolecular Hbond substituents is 1. The van der Waals surface area contributed by atoms with Gasteiger partial charge in [0.05, 0.1) is 5.69 Å². The van der Waals surface area contributed by atoms with Crippen molar-refractivity contribution in [3.05, 3.63) is 69.9 Å². The summed E-state index contributed by atoms with van der Waals surface area (Å²) in [5.41, 5.74) is 0.414. The van der Waals surface area contributed by atoms with E-state index in [-0.39, 0.29) is 23.9 Å². The maximum Gasteiger partial charge on any atom is 0.276 e. The molecule has 0 aliphatic heterocycles. The van der Waals surface area contributed by atoms with E-state index in [9.17, 15) is 9.90 Å². The molecule has 0 saturated carbocycles. The second-order valence-electron chi connectivity index (χ2n) is 5.08. The number of nitrogens with one attached hydrogen (secondary N) is 1. The number of ether oxygens (including phenoxy) is 1. The highest BCUT2D eigenvalue weighted by molar-refractivity contribution is 9.10. The number of hydrogen-bond donors (Lipinski definition) is 2. The SMILES string of the molecule is O=C(Nc1cc(Cl)ccc1O)c1ccn(COc2ccc(Br)cc2)n1. The van der Waals surface area contributed by atoms with E-state index < -0.39 is 5.91 Å². The van der Waals surface area contributed by atoms with Crippen LogP contribution in [0.5, 0.6) is 11.5 Å². The molecular formula is C17H13BrClN3O3. The third-order valence-corrected chi connectivity index (χ3v) is 4.02. The summed E-state index contributed by atoms with van der Waals surface area (Å²) < 4.78 is 8.04. The van der Waals surface area contributed by atoms with Crippen LogP contribution in [0.3, 0.4) is 0 Å². The predicted octanol–water partition coefficient (Wildman–Crippen LogP) is 4.29. The number of hydrogen-bond acceptors (Lipinski definition) is 4. The number of carbonyl (C=O) groups is 1. The number of aromatic nitrogens is 2. The summed E-state index contributed by atoms with van der Waals surface area (Å²) in [4.78, 5) is 12.2. The normalized spacial score (nSPS) is 10.5. The number of rotatable bonds is 5. The van der Waals surface area contributed by atoms with Crippen molar-refractivity contribution in [3.8, 4) is 11.5 Å². The zero-order valence-electron chi connectivity index (χ0n) is 12.8. The summed E-state index contributed by atoms with van der Waals surface area (Å²) in [5, 5.41) is 16.9. The van der Waals surface area contributed by atoms with Crippen molar-refractivity contribution in [1.82, 2.24) is 9.78 Å². The molecule has 2 aromatic carbocycles. The molecule has 0 bridgehead atoms. The molecule has 0 saturated heterocycles. The number of halogens is 2. The molecule has 0 spiro atoms. The highest BCUT2D eigenvalue weighted by Gasteiger charge is 2.12. The highest BCUT2D eigenvalue weighted by atomic mass is 79.9. The summed E-state index contributed by atoms with van der Waals surface area (Å²) in [5.74, 6) is 0.157. The molecule has 0 radical (unpaired) electrons. The molecule has 0 aliphatic rings. The van der Waals surface area contributed by atoms with Crippen LogP contribution >= 0.6 is 27.5 Å². The van der Waals surface area contributed by atoms with Gasteiger partial charge in [-0.05, 0) is 48.5 Å². The fourth-order valence-corrected chi connectivity index (χ4v) is 2.46. The van der Waals surface area contributed by atoms with Gasteiger partial charge in [-0.25, -0.2) is 4.68 Å². The minimum atomic E-state index is -0.458. The van der Waals surface area contributed by atoms with Crippen LogP contribution in [0.4, 0.5) is 5.69 Å². The number of aromatic hydroxyl groups is 1. The van der Waals surface area contributed by atoms with E-state index in [1.807, 2.05) is 24.3 Å². The zero-order chi connectivity index (χ0) is 17.8. The van der Waals surface area contributed by atoms with Crippen molar-refractivity contribution >= 4 is 39.1 Å². The smallest absolute Gasteiger partial charge is 0.276 e. The third-order valence-electron chi connectivity index (χ3n) is 3.26. The topological polar surface area (TPSA) is 76.4 Å². The summed E-state index contributed by atoms with van der Waals surface area (Å²) in [7, 11) is 0. The van der Waals surface area contributed by atoms with Crippen molar-refractivity contribution in [2.24, 2.45) is 0 Å². The van der Waals surface area contributed by atoms with E-state index in [0.717, 1.165) is 4.47 Å². The Labute approximate surface area is 157 Å². The van der Waals surface area contributed by atoms with Crippen molar-refractivity contribution in [1.29, 1.82) is 0 Å². The number of benzene rings is 2. The highest BCUT2D eigenvalue weighted by Crippen LogP contribution is 2.26. The molecule has 0 unspecified atom stereocenters. The first-order valence-electron chi connectivity index (χ1n) is 7.23. The number of carbonyl (C=O) groups excluding carboxylic acids is 1. The second kappa shape index (κ2) is 7.58. The van der Waals surface area contributed by atoms with Gasteiger partial charge < -0.3 is 15.2 Å². The summed E-state index contributed by atoms with van der Waals surface area (Å²) in [6, 6.07) is 13.3. The molecule has 128 valence electrons. The van der Waals surface area contributed by atoms with Crippen LogP contribution in [0.25, 0.3) is 0 Å². The number of amides is 1. The van der Waals surface area contributed by atoms with E-state index in [1.165, 1.54) is 22.9 Å². The van der Waals surface area contributed by atoms with Gasteiger partial charge >= 0.3 is 0 Å². The zero-order valence-corrected chi connectivity index (χ0v) is 15.2. The van der Waals surface area contributed by atoms with Gasteiger partial charge in [0.2, 0.25) is 0 Å². The van der Waals surface area contributed by atoms with Crippen LogP contribution in [-0.4, -0.2) is 20.8 Å². The van der Waals surface area contributed by atoms with Crippen LogP contribution in [0, 0.1) is 0 Å². The van der Waals surface area contributed by atoms with Crippen LogP contribution in [-0.2, 0) is 6.73 Å². The summed E-state index contributed by atoms with van der Waals surface area (Å²) >= 11 is 9.21. The molecule has 3 aromatic rings. The van der Waals surface area contributed by atoms with Crippen LogP contribution < -0.4 is 10.1 Å². The van der Waals surface area contributed by atoms with Crippen molar-refractivity contribution < 1.29 is 14.6 Å². The first-order chi connectivity index (χ1) is 12.0. The fraction of sp³-hybridized carbons (Fsp3) is 0.0588. The standard InChI is InChI=1S/C17H13BrClN3O3/c18-11-1-4-13(5-2-11)25-10-22-8-7-14(21-22)17(24)20-15-9-12(19)3-6-16(15)23/h1-9,23H,10H2,(H,20,24). The molecule has 25 heavy (non-hydrogen) atoms. The molecule has 0 fully saturated rings. The molecule has 0 atom stereocenters. The van der Waals surface area contributed by atoms with E-state index in [0.29, 0.717) is 10.8 Å². The van der Waals surface area contributed by atoms with Crippen molar-refractivity contribution in [2.45, 2.75) is 6.73 Å². The lowest BCUT2D eigenvalue weighted by Gasteiger charge is -2.07. The molecular weight excluding hydrogens is 410 g/mol. The molecule has 6 nitrogen and oxygen atoms in total. The Bertz CT molecular complexity index is 896.